The topological polar surface area (TPSA) is 38.0 Å². The van der Waals surface area contributed by atoms with Crippen molar-refractivity contribution < 1.29 is 5.11 Å². The van der Waals surface area contributed by atoms with Crippen molar-refractivity contribution in [3.63, 3.8) is 0 Å². The first-order valence-corrected chi connectivity index (χ1v) is 6.07. The Hall–Kier alpha value is -0.250. The minimum Gasteiger partial charge on any atom is -0.387 e. The normalized spacial score (nSPS) is 13.1. The first-order chi connectivity index (χ1) is 7.20. The van der Waals surface area contributed by atoms with Gasteiger partial charge in [-0.2, -0.15) is 5.10 Å². The third kappa shape index (κ3) is 3.37. The molecule has 0 bridgehead atoms. The Bertz CT molecular complexity index is 302. The van der Waals surface area contributed by atoms with E-state index in [-0.39, 0.29) is 0 Å². The molecule has 0 aliphatic carbocycles. The molecule has 1 heterocycles. The number of aliphatic hydroxyl groups is 1. The maximum Gasteiger partial charge on any atom is 0.0972 e. The third-order valence-electron chi connectivity index (χ3n) is 2.20. The Morgan fingerprint density at radius 1 is 1.60 bits per heavy atom. The SMILES string of the molecule is CCCn1ncc(Cl)c1C(O)CCCCl. The van der Waals surface area contributed by atoms with E-state index in [1.807, 2.05) is 0 Å². The molecule has 0 radical (unpaired) electrons. The van der Waals surface area contributed by atoms with Crippen molar-refractivity contribution in [2.45, 2.75) is 38.8 Å². The van der Waals surface area contributed by atoms with Gasteiger partial charge in [-0.05, 0) is 19.3 Å². The number of alkyl halides is 1. The minimum atomic E-state index is -0.565. The number of halogens is 2. The fourth-order valence-corrected chi connectivity index (χ4v) is 1.92. The summed E-state index contributed by atoms with van der Waals surface area (Å²) in [5.41, 5.74) is 0.712. The molecule has 0 aromatic carbocycles. The number of rotatable bonds is 6. The second-order valence-electron chi connectivity index (χ2n) is 3.45. The monoisotopic (exact) mass is 250 g/mol. The summed E-state index contributed by atoms with van der Waals surface area (Å²) in [4.78, 5) is 0. The van der Waals surface area contributed by atoms with Crippen molar-refractivity contribution in [1.82, 2.24) is 9.78 Å². The Morgan fingerprint density at radius 2 is 2.33 bits per heavy atom. The molecular weight excluding hydrogens is 235 g/mol. The molecule has 0 aliphatic rings. The Balaban J connectivity index is 2.75. The second kappa shape index (κ2) is 6.36. The Labute approximate surface area is 100.0 Å². The number of aromatic nitrogens is 2. The molecule has 1 unspecified atom stereocenters. The molecule has 0 aliphatic heterocycles. The average molecular weight is 251 g/mol. The average Bonchev–Trinajstić information content (AvgIpc) is 2.57. The largest absolute Gasteiger partial charge is 0.387 e. The lowest BCUT2D eigenvalue weighted by molar-refractivity contribution is 0.155. The van der Waals surface area contributed by atoms with Crippen LogP contribution in [0.4, 0.5) is 0 Å². The Morgan fingerprint density at radius 3 is 2.93 bits per heavy atom. The first kappa shape index (κ1) is 12.8. The van der Waals surface area contributed by atoms with Crippen LogP contribution in [0.15, 0.2) is 6.20 Å². The van der Waals surface area contributed by atoms with E-state index in [1.54, 1.807) is 10.9 Å². The number of hydrogen-bond acceptors (Lipinski definition) is 2. The zero-order valence-electron chi connectivity index (χ0n) is 8.79. The molecule has 0 amide bonds. The number of hydrogen-bond donors (Lipinski definition) is 1. The molecule has 3 nitrogen and oxygen atoms in total. The van der Waals surface area contributed by atoms with Gasteiger partial charge in [-0.15, -0.1) is 11.6 Å². The van der Waals surface area contributed by atoms with Gasteiger partial charge in [-0.25, -0.2) is 0 Å². The molecule has 15 heavy (non-hydrogen) atoms. The maximum absolute atomic E-state index is 9.92. The molecule has 0 spiro atoms. The van der Waals surface area contributed by atoms with Crippen LogP contribution in [0.3, 0.4) is 0 Å². The molecule has 1 atom stereocenters. The van der Waals surface area contributed by atoms with Crippen LogP contribution in [0, 0.1) is 0 Å². The van der Waals surface area contributed by atoms with E-state index in [0.717, 1.165) is 19.4 Å². The van der Waals surface area contributed by atoms with Gasteiger partial charge in [0.2, 0.25) is 0 Å². The van der Waals surface area contributed by atoms with Gasteiger partial charge in [0.05, 0.1) is 23.0 Å². The standard InChI is InChI=1S/C10H16Cl2N2O/c1-2-6-14-10(8(12)7-13-14)9(15)4-3-5-11/h7,9,15H,2-6H2,1H3. The minimum absolute atomic E-state index is 0.533. The van der Waals surface area contributed by atoms with Gasteiger partial charge < -0.3 is 5.11 Å². The fraction of sp³-hybridized carbons (Fsp3) is 0.700. The highest BCUT2D eigenvalue weighted by atomic mass is 35.5. The zero-order chi connectivity index (χ0) is 11.3. The summed E-state index contributed by atoms with van der Waals surface area (Å²) in [7, 11) is 0. The lowest BCUT2D eigenvalue weighted by atomic mass is 10.1. The molecule has 0 saturated carbocycles. The van der Waals surface area contributed by atoms with E-state index < -0.39 is 6.10 Å². The summed E-state index contributed by atoms with van der Waals surface area (Å²) in [6, 6.07) is 0. The molecule has 0 fully saturated rings. The van der Waals surface area contributed by atoms with Gasteiger partial charge in [0.1, 0.15) is 0 Å². The molecular formula is C10H16Cl2N2O. The maximum atomic E-state index is 9.92. The Kier molecular flexibility index (Phi) is 5.43. The van der Waals surface area contributed by atoms with E-state index in [4.69, 9.17) is 23.2 Å². The molecule has 1 rings (SSSR count). The first-order valence-electron chi connectivity index (χ1n) is 5.16. The van der Waals surface area contributed by atoms with Crippen LogP contribution in [-0.2, 0) is 6.54 Å². The second-order valence-corrected chi connectivity index (χ2v) is 4.23. The van der Waals surface area contributed by atoms with Crippen LogP contribution < -0.4 is 0 Å². The van der Waals surface area contributed by atoms with E-state index in [9.17, 15) is 5.11 Å². The predicted octanol–water partition coefficient (Wildman–Crippen LogP) is 3.00. The van der Waals surface area contributed by atoms with Crippen molar-refractivity contribution in [2.75, 3.05) is 5.88 Å². The van der Waals surface area contributed by atoms with Crippen LogP contribution in [0.1, 0.15) is 38.0 Å². The summed E-state index contributed by atoms with van der Waals surface area (Å²) in [6.07, 6.45) is 3.38. The molecule has 1 aromatic heterocycles. The van der Waals surface area contributed by atoms with Crippen molar-refractivity contribution in [1.29, 1.82) is 0 Å². The molecule has 5 heteroatoms. The summed E-state index contributed by atoms with van der Waals surface area (Å²) in [5, 5.41) is 14.6. The number of aryl methyl sites for hydroxylation is 1. The lowest BCUT2D eigenvalue weighted by Crippen LogP contribution is -2.09. The van der Waals surface area contributed by atoms with Gasteiger partial charge in [-0.3, -0.25) is 4.68 Å². The van der Waals surface area contributed by atoms with Crippen LogP contribution in [-0.4, -0.2) is 20.8 Å². The van der Waals surface area contributed by atoms with Gasteiger partial charge in [0, 0.05) is 12.4 Å². The quantitative estimate of drug-likeness (QED) is 0.789. The van der Waals surface area contributed by atoms with E-state index in [2.05, 4.69) is 12.0 Å². The smallest absolute Gasteiger partial charge is 0.0972 e. The van der Waals surface area contributed by atoms with Crippen LogP contribution >= 0.6 is 23.2 Å². The molecule has 1 aromatic rings. The van der Waals surface area contributed by atoms with Crippen LogP contribution in [0.2, 0.25) is 5.02 Å². The van der Waals surface area contributed by atoms with Gasteiger partial charge in [-0.1, -0.05) is 18.5 Å². The fourth-order valence-electron chi connectivity index (χ4n) is 1.50. The molecule has 1 N–H and O–H groups in total. The summed E-state index contributed by atoms with van der Waals surface area (Å²) < 4.78 is 1.77. The van der Waals surface area contributed by atoms with Crippen molar-refractivity contribution in [3.8, 4) is 0 Å². The highest BCUT2D eigenvalue weighted by Crippen LogP contribution is 2.26. The van der Waals surface area contributed by atoms with Crippen molar-refractivity contribution in [2.24, 2.45) is 0 Å². The van der Waals surface area contributed by atoms with E-state index in [0.29, 0.717) is 23.0 Å². The van der Waals surface area contributed by atoms with Crippen molar-refractivity contribution >= 4 is 23.2 Å². The van der Waals surface area contributed by atoms with E-state index >= 15 is 0 Å². The summed E-state index contributed by atoms with van der Waals surface area (Å²) in [6.45, 7) is 2.84. The highest BCUT2D eigenvalue weighted by Gasteiger charge is 2.17. The van der Waals surface area contributed by atoms with Crippen LogP contribution in [0.5, 0.6) is 0 Å². The van der Waals surface area contributed by atoms with Gasteiger partial charge in [0.15, 0.2) is 0 Å². The van der Waals surface area contributed by atoms with Crippen LogP contribution in [0.25, 0.3) is 0 Å². The van der Waals surface area contributed by atoms with E-state index in [1.165, 1.54) is 0 Å². The van der Waals surface area contributed by atoms with Gasteiger partial charge in [0.25, 0.3) is 0 Å². The number of nitrogens with zero attached hydrogens (tertiary/aromatic N) is 2. The lowest BCUT2D eigenvalue weighted by Gasteiger charge is -2.12. The van der Waals surface area contributed by atoms with Gasteiger partial charge >= 0.3 is 0 Å². The third-order valence-corrected chi connectivity index (χ3v) is 2.75. The highest BCUT2D eigenvalue weighted by molar-refractivity contribution is 6.31. The number of aliphatic hydroxyl groups excluding tert-OH is 1. The zero-order valence-corrected chi connectivity index (χ0v) is 10.3. The molecule has 0 saturated heterocycles. The predicted molar refractivity (Wildman–Crippen MR) is 62.4 cm³/mol. The molecule has 86 valence electrons. The summed E-state index contributed by atoms with van der Waals surface area (Å²) >= 11 is 11.6. The summed E-state index contributed by atoms with van der Waals surface area (Å²) in [5.74, 6) is 0.552. The van der Waals surface area contributed by atoms with Crippen molar-refractivity contribution in [3.05, 3.63) is 16.9 Å².